The topological polar surface area (TPSA) is 17.1 Å². The van der Waals surface area contributed by atoms with Gasteiger partial charge in [0.15, 0.2) is 0 Å². The number of alkyl halides is 1. The van der Waals surface area contributed by atoms with Gasteiger partial charge in [-0.25, -0.2) is 4.39 Å². The predicted molar refractivity (Wildman–Crippen MR) is 42.2 cm³/mol. The molecule has 0 aromatic rings. The molecule has 1 aliphatic rings. The van der Waals surface area contributed by atoms with E-state index in [0.29, 0.717) is 25.7 Å². The van der Waals surface area contributed by atoms with E-state index in [0.717, 1.165) is 6.29 Å². The molecule has 0 radical (unpaired) electrons. The summed E-state index contributed by atoms with van der Waals surface area (Å²) in [5.41, 5.74) is -1.27. The molecule has 1 nitrogen and oxygen atoms in total. The number of halogens is 1. The summed E-state index contributed by atoms with van der Waals surface area (Å²) in [4.78, 5) is 10.6. The first-order valence-electron chi connectivity index (χ1n) is 4.13. The molecule has 64 valence electrons. The van der Waals surface area contributed by atoms with Gasteiger partial charge in [-0.15, -0.1) is 0 Å². The molecule has 0 unspecified atom stereocenters. The highest BCUT2D eigenvalue weighted by atomic mass is 19.1. The van der Waals surface area contributed by atoms with E-state index in [1.807, 2.05) is 6.92 Å². The molecule has 0 aromatic carbocycles. The molecule has 0 amide bonds. The van der Waals surface area contributed by atoms with Crippen molar-refractivity contribution in [2.45, 2.75) is 45.2 Å². The Balaban J connectivity index is 2.54. The molecule has 2 heteroatoms. The lowest BCUT2D eigenvalue weighted by atomic mass is 9.72. The number of hydrogen-bond acceptors (Lipinski definition) is 1. The highest BCUT2D eigenvalue weighted by molar-refractivity contribution is 5.58. The van der Waals surface area contributed by atoms with Gasteiger partial charge in [0.1, 0.15) is 12.0 Å². The minimum atomic E-state index is -1.03. The highest BCUT2D eigenvalue weighted by Crippen LogP contribution is 2.40. The summed E-state index contributed by atoms with van der Waals surface area (Å²) < 4.78 is 13.2. The Kier molecular flexibility index (Phi) is 2.04. The lowest BCUT2D eigenvalue weighted by Crippen LogP contribution is -2.32. The van der Waals surface area contributed by atoms with E-state index in [2.05, 4.69) is 0 Å². The monoisotopic (exact) mass is 158 g/mol. The molecule has 1 aliphatic carbocycles. The van der Waals surface area contributed by atoms with Crippen molar-refractivity contribution >= 4 is 6.29 Å². The minimum absolute atomic E-state index is 0.244. The molecular weight excluding hydrogens is 143 g/mol. The third-order valence-electron chi connectivity index (χ3n) is 2.72. The van der Waals surface area contributed by atoms with Crippen LogP contribution < -0.4 is 0 Å². The standard InChI is InChI=1S/C9H15FO/c1-8(7-11)3-5-9(2,10)6-4-8/h7H,3-6H2,1-2H3. The molecule has 0 spiro atoms. The largest absolute Gasteiger partial charge is 0.303 e. The van der Waals surface area contributed by atoms with Crippen LogP contribution in [0.4, 0.5) is 4.39 Å². The van der Waals surface area contributed by atoms with Crippen LogP contribution in [0.2, 0.25) is 0 Å². The normalized spacial score (nSPS) is 45.4. The lowest BCUT2D eigenvalue weighted by Gasteiger charge is -2.35. The predicted octanol–water partition coefficient (Wildman–Crippen LogP) is 2.49. The number of hydrogen-bond donors (Lipinski definition) is 0. The van der Waals surface area contributed by atoms with Crippen LogP contribution in [-0.4, -0.2) is 12.0 Å². The van der Waals surface area contributed by atoms with E-state index >= 15 is 0 Å². The summed E-state index contributed by atoms with van der Waals surface area (Å²) in [5, 5.41) is 0. The molecule has 11 heavy (non-hydrogen) atoms. The van der Waals surface area contributed by atoms with Crippen molar-refractivity contribution in [3.8, 4) is 0 Å². The zero-order chi connectivity index (χ0) is 8.54. The van der Waals surface area contributed by atoms with Crippen molar-refractivity contribution in [1.82, 2.24) is 0 Å². The van der Waals surface area contributed by atoms with Crippen LogP contribution in [0, 0.1) is 5.41 Å². The summed E-state index contributed by atoms with van der Waals surface area (Å²) >= 11 is 0. The van der Waals surface area contributed by atoms with Crippen LogP contribution in [-0.2, 0) is 4.79 Å². The molecule has 0 bridgehead atoms. The van der Waals surface area contributed by atoms with Gasteiger partial charge in [-0.1, -0.05) is 6.92 Å². The maximum atomic E-state index is 13.2. The Bertz CT molecular complexity index is 153. The van der Waals surface area contributed by atoms with Crippen molar-refractivity contribution in [2.75, 3.05) is 0 Å². The second-order valence-corrected chi connectivity index (χ2v) is 4.19. The van der Waals surface area contributed by atoms with Gasteiger partial charge in [-0.05, 0) is 32.6 Å². The fourth-order valence-electron chi connectivity index (χ4n) is 1.46. The molecule has 0 aliphatic heterocycles. The van der Waals surface area contributed by atoms with E-state index < -0.39 is 5.67 Å². The summed E-state index contributed by atoms with van der Waals surface area (Å²) in [5.74, 6) is 0. The van der Waals surface area contributed by atoms with Gasteiger partial charge >= 0.3 is 0 Å². The second kappa shape index (κ2) is 2.58. The first-order valence-corrected chi connectivity index (χ1v) is 4.13. The zero-order valence-corrected chi connectivity index (χ0v) is 7.19. The number of aldehydes is 1. The van der Waals surface area contributed by atoms with Gasteiger partial charge in [-0.3, -0.25) is 0 Å². The van der Waals surface area contributed by atoms with Gasteiger partial charge in [0, 0.05) is 5.41 Å². The fourth-order valence-corrected chi connectivity index (χ4v) is 1.46. The summed E-state index contributed by atoms with van der Waals surface area (Å²) in [7, 11) is 0. The van der Waals surface area contributed by atoms with E-state index in [4.69, 9.17) is 0 Å². The molecule has 1 fully saturated rings. The fraction of sp³-hybridized carbons (Fsp3) is 0.889. The van der Waals surface area contributed by atoms with Crippen LogP contribution in [0.15, 0.2) is 0 Å². The Morgan fingerprint density at radius 3 is 2.00 bits per heavy atom. The van der Waals surface area contributed by atoms with Gasteiger partial charge in [0.05, 0.1) is 0 Å². The molecule has 0 saturated heterocycles. The van der Waals surface area contributed by atoms with Gasteiger partial charge < -0.3 is 4.79 Å². The van der Waals surface area contributed by atoms with Crippen LogP contribution in [0.1, 0.15) is 39.5 Å². The van der Waals surface area contributed by atoms with Crippen molar-refractivity contribution in [3.05, 3.63) is 0 Å². The minimum Gasteiger partial charge on any atom is -0.303 e. The maximum Gasteiger partial charge on any atom is 0.125 e. The lowest BCUT2D eigenvalue weighted by molar-refractivity contribution is -0.118. The number of carbonyl (C=O) groups is 1. The summed E-state index contributed by atoms with van der Waals surface area (Å²) in [6.45, 7) is 3.53. The molecule has 0 heterocycles. The van der Waals surface area contributed by atoms with Crippen LogP contribution >= 0.6 is 0 Å². The smallest absolute Gasteiger partial charge is 0.125 e. The Hall–Kier alpha value is -0.400. The SMILES string of the molecule is CC1(F)CCC(C)(C=O)CC1. The second-order valence-electron chi connectivity index (χ2n) is 4.19. The average molecular weight is 158 g/mol. The number of rotatable bonds is 1. The highest BCUT2D eigenvalue weighted by Gasteiger charge is 2.37. The first kappa shape index (κ1) is 8.69. The molecule has 1 rings (SSSR count). The Labute approximate surface area is 67.0 Å². The maximum absolute atomic E-state index is 13.2. The summed E-state index contributed by atoms with van der Waals surface area (Å²) in [6, 6.07) is 0. The first-order chi connectivity index (χ1) is 4.97. The molecule has 1 saturated carbocycles. The summed E-state index contributed by atoms with van der Waals surface area (Å²) in [6.07, 6.45) is 3.43. The van der Waals surface area contributed by atoms with Gasteiger partial charge in [0.2, 0.25) is 0 Å². The van der Waals surface area contributed by atoms with Gasteiger partial charge in [-0.2, -0.15) is 0 Å². The Morgan fingerprint density at radius 1 is 1.18 bits per heavy atom. The van der Waals surface area contributed by atoms with Crippen molar-refractivity contribution in [2.24, 2.45) is 5.41 Å². The van der Waals surface area contributed by atoms with E-state index in [1.165, 1.54) is 0 Å². The molecule has 0 aromatic heterocycles. The van der Waals surface area contributed by atoms with Crippen molar-refractivity contribution in [1.29, 1.82) is 0 Å². The molecule has 0 N–H and O–H groups in total. The zero-order valence-electron chi connectivity index (χ0n) is 7.19. The molecule has 0 atom stereocenters. The Morgan fingerprint density at radius 2 is 1.64 bits per heavy atom. The van der Waals surface area contributed by atoms with Crippen LogP contribution in [0.3, 0.4) is 0 Å². The third kappa shape index (κ3) is 2.01. The van der Waals surface area contributed by atoms with Crippen LogP contribution in [0.25, 0.3) is 0 Å². The van der Waals surface area contributed by atoms with Crippen LogP contribution in [0.5, 0.6) is 0 Å². The number of carbonyl (C=O) groups excluding carboxylic acids is 1. The van der Waals surface area contributed by atoms with Crippen molar-refractivity contribution < 1.29 is 9.18 Å². The average Bonchev–Trinajstić information content (AvgIpc) is 1.97. The van der Waals surface area contributed by atoms with E-state index in [9.17, 15) is 9.18 Å². The molecular formula is C9H15FO. The van der Waals surface area contributed by atoms with Gasteiger partial charge in [0.25, 0.3) is 0 Å². The third-order valence-corrected chi connectivity index (χ3v) is 2.72. The van der Waals surface area contributed by atoms with E-state index in [-0.39, 0.29) is 5.41 Å². The quantitative estimate of drug-likeness (QED) is 0.536. The van der Waals surface area contributed by atoms with Crippen molar-refractivity contribution in [3.63, 3.8) is 0 Å². The van der Waals surface area contributed by atoms with E-state index in [1.54, 1.807) is 6.92 Å².